The van der Waals surface area contributed by atoms with Crippen molar-refractivity contribution in [3.8, 4) is 17.6 Å². The minimum atomic E-state index is -1.09. The Morgan fingerprint density at radius 2 is 1.75 bits per heavy atom. The zero-order chi connectivity index (χ0) is 14.7. The summed E-state index contributed by atoms with van der Waals surface area (Å²) in [6.45, 7) is 0. The van der Waals surface area contributed by atoms with Crippen LogP contribution < -0.4 is 4.74 Å². The van der Waals surface area contributed by atoms with Crippen LogP contribution in [0.5, 0.6) is 11.5 Å². The Bertz CT molecular complexity index is 723. The molecule has 0 unspecified atom stereocenters. The number of hydrogen-bond acceptors (Lipinski definition) is 3. The van der Waals surface area contributed by atoms with Crippen molar-refractivity contribution < 1.29 is 14.6 Å². The fourth-order valence-corrected chi connectivity index (χ4v) is 2.26. The Balaban J connectivity index is 2.47. The largest absolute Gasteiger partial charge is 0.478 e. The quantitative estimate of drug-likeness (QED) is 0.824. The summed E-state index contributed by atoms with van der Waals surface area (Å²) in [6, 6.07) is 11.5. The summed E-state index contributed by atoms with van der Waals surface area (Å²) in [5, 5.41) is 18.2. The van der Waals surface area contributed by atoms with E-state index in [1.807, 2.05) is 6.07 Å². The maximum Gasteiger partial charge on any atom is 0.339 e. The van der Waals surface area contributed by atoms with Crippen LogP contribution in [0.3, 0.4) is 0 Å². The number of carboxylic acids is 1. The van der Waals surface area contributed by atoms with Crippen LogP contribution in [-0.4, -0.2) is 11.1 Å². The van der Waals surface area contributed by atoms with Gasteiger partial charge in [0.05, 0.1) is 5.56 Å². The molecule has 0 amide bonds. The van der Waals surface area contributed by atoms with Crippen molar-refractivity contribution >= 4 is 37.8 Å². The first kappa shape index (κ1) is 14.6. The molecule has 0 aliphatic heterocycles. The molecule has 0 radical (unpaired) electrons. The summed E-state index contributed by atoms with van der Waals surface area (Å²) in [6.07, 6.45) is 0. The molecule has 1 N–H and O–H groups in total. The Morgan fingerprint density at radius 3 is 2.40 bits per heavy atom. The zero-order valence-corrected chi connectivity index (χ0v) is 13.1. The van der Waals surface area contributed by atoms with Crippen LogP contribution in [0, 0.1) is 11.3 Å². The van der Waals surface area contributed by atoms with Crippen LogP contribution >= 0.6 is 31.9 Å². The molecule has 2 rings (SSSR count). The van der Waals surface area contributed by atoms with Gasteiger partial charge in [0.25, 0.3) is 0 Å². The normalized spacial score (nSPS) is 9.85. The van der Waals surface area contributed by atoms with Crippen molar-refractivity contribution in [3.05, 3.63) is 56.5 Å². The van der Waals surface area contributed by atoms with E-state index in [1.54, 1.807) is 30.3 Å². The number of carboxylic acid groups (broad SMARTS) is 1. The summed E-state index contributed by atoms with van der Waals surface area (Å²) in [7, 11) is 0. The molecule has 6 heteroatoms. The highest BCUT2D eigenvalue weighted by Crippen LogP contribution is 2.31. The van der Waals surface area contributed by atoms with Gasteiger partial charge < -0.3 is 9.84 Å². The van der Waals surface area contributed by atoms with Gasteiger partial charge in [-0.05, 0) is 36.4 Å². The van der Waals surface area contributed by atoms with Crippen molar-refractivity contribution in [2.45, 2.75) is 0 Å². The molecule has 0 aliphatic rings. The average Bonchev–Trinajstić information content (AvgIpc) is 2.40. The van der Waals surface area contributed by atoms with E-state index < -0.39 is 5.97 Å². The molecule has 0 atom stereocenters. The second-order valence-electron chi connectivity index (χ2n) is 3.80. The van der Waals surface area contributed by atoms with Crippen molar-refractivity contribution in [2.75, 3.05) is 0 Å². The molecule has 20 heavy (non-hydrogen) atoms. The van der Waals surface area contributed by atoms with Gasteiger partial charge in [-0.25, -0.2) is 4.79 Å². The highest BCUT2D eigenvalue weighted by Gasteiger charge is 2.14. The smallest absolute Gasteiger partial charge is 0.339 e. The second kappa shape index (κ2) is 6.07. The maximum absolute atomic E-state index is 11.2. The van der Waals surface area contributed by atoms with E-state index in [-0.39, 0.29) is 11.3 Å². The number of nitriles is 1. The number of rotatable bonds is 3. The topological polar surface area (TPSA) is 70.3 Å². The van der Waals surface area contributed by atoms with Gasteiger partial charge in [0.2, 0.25) is 0 Å². The average molecular weight is 397 g/mol. The molecular formula is C14H7Br2NO3. The Labute approximate surface area is 131 Å². The molecule has 2 aromatic rings. The van der Waals surface area contributed by atoms with Gasteiger partial charge >= 0.3 is 5.97 Å². The highest BCUT2D eigenvalue weighted by molar-refractivity contribution is 9.10. The Morgan fingerprint density at radius 1 is 1.10 bits per heavy atom. The van der Waals surface area contributed by atoms with Gasteiger partial charge in [-0.15, -0.1) is 0 Å². The Hall–Kier alpha value is -1.84. The van der Waals surface area contributed by atoms with E-state index in [0.717, 1.165) is 4.47 Å². The lowest BCUT2D eigenvalue weighted by atomic mass is 10.2. The summed E-state index contributed by atoms with van der Waals surface area (Å²) >= 11 is 6.52. The number of benzene rings is 2. The lowest BCUT2D eigenvalue weighted by Crippen LogP contribution is -2.00. The highest BCUT2D eigenvalue weighted by atomic mass is 79.9. The third-order valence-electron chi connectivity index (χ3n) is 2.46. The fraction of sp³-hybridized carbons (Fsp3) is 0. The van der Waals surface area contributed by atoms with Crippen LogP contribution in [0.4, 0.5) is 0 Å². The van der Waals surface area contributed by atoms with Crippen molar-refractivity contribution in [3.63, 3.8) is 0 Å². The molecule has 4 nitrogen and oxygen atoms in total. The molecule has 0 aromatic heterocycles. The monoisotopic (exact) mass is 395 g/mol. The lowest BCUT2D eigenvalue weighted by Gasteiger charge is -2.10. The van der Waals surface area contributed by atoms with Gasteiger partial charge in [0.15, 0.2) is 0 Å². The van der Waals surface area contributed by atoms with E-state index >= 15 is 0 Å². The third-order valence-corrected chi connectivity index (χ3v) is 3.44. The first-order valence-electron chi connectivity index (χ1n) is 5.41. The lowest BCUT2D eigenvalue weighted by molar-refractivity contribution is 0.0694. The van der Waals surface area contributed by atoms with Crippen molar-refractivity contribution in [1.82, 2.24) is 0 Å². The van der Waals surface area contributed by atoms with Crippen LogP contribution in [0.2, 0.25) is 0 Å². The molecule has 0 heterocycles. The van der Waals surface area contributed by atoms with Gasteiger partial charge in [-0.2, -0.15) is 5.26 Å². The molecule has 0 saturated carbocycles. The predicted molar refractivity (Wildman–Crippen MR) is 80.0 cm³/mol. The molecule has 0 bridgehead atoms. The number of ether oxygens (including phenoxy) is 1. The van der Waals surface area contributed by atoms with E-state index in [0.29, 0.717) is 15.8 Å². The molecule has 0 spiro atoms. The van der Waals surface area contributed by atoms with E-state index in [9.17, 15) is 4.79 Å². The van der Waals surface area contributed by atoms with E-state index in [2.05, 4.69) is 31.9 Å². The second-order valence-corrected chi connectivity index (χ2v) is 5.63. The van der Waals surface area contributed by atoms with Gasteiger partial charge in [-0.1, -0.05) is 31.9 Å². The molecule has 0 aliphatic carbocycles. The van der Waals surface area contributed by atoms with Gasteiger partial charge in [-0.3, -0.25) is 0 Å². The van der Waals surface area contributed by atoms with Crippen molar-refractivity contribution in [2.24, 2.45) is 0 Å². The van der Waals surface area contributed by atoms with Crippen LogP contribution in [0.25, 0.3) is 0 Å². The number of nitrogens with zero attached hydrogens (tertiary/aromatic N) is 1. The summed E-state index contributed by atoms with van der Waals surface area (Å²) in [5.74, 6) is -0.620. The molecule has 100 valence electrons. The van der Waals surface area contributed by atoms with Gasteiger partial charge in [0.1, 0.15) is 23.1 Å². The SMILES string of the molecule is N#Cc1cc(Br)ccc1Oc1cc(Br)ccc1C(=O)O. The number of carbonyl (C=O) groups is 1. The van der Waals surface area contributed by atoms with Crippen molar-refractivity contribution in [1.29, 1.82) is 5.26 Å². The van der Waals surface area contributed by atoms with Crippen LogP contribution in [-0.2, 0) is 0 Å². The third kappa shape index (κ3) is 3.18. The minimum absolute atomic E-state index is 0.0278. The predicted octanol–water partition coefficient (Wildman–Crippen LogP) is 4.57. The van der Waals surface area contributed by atoms with Crippen LogP contribution in [0.1, 0.15) is 15.9 Å². The standard InChI is InChI=1S/C14H7Br2NO3/c15-9-2-4-12(8(5-9)7-17)20-13-6-10(16)1-3-11(13)14(18)19/h1-6H,(H,18,19). The van der Waals surface area contributed by atoms with E-state index in [4.69, 9.17) is 15.1 Å². The number of hydrogen-bond donors (Lipinski definition) is 1. The summed E-state index contributed by atoms with van der Waals surface area (Å²) < 4.78 is 7.01. The molecule has 0 fully saturated rings. The fourth-order valence-electron chi connectivity index (χ4n) is 1.55. The molecule has 0 saturated heterocycles. The first-order valence-corrected chi connectivity index (χ1v) is 7.00. The zero-order valence-electron chi connectivity index (χ0n) is 9.93. The molecular weight excluding hydrogens is 390 g/mol. The molecule has 2 aromatic carbocycles. The number of halogens is 2. The Kier molecular flexibility index (Phi) is 4.42. The number of aromatic carboxylic acids is 1. The summed E-state index contributed by atoms with van der Waals surface area (Å²) in [4.78, 5) is 11.2. The maximum atomic E-state index is 11.2. The minimum Gasteiger partial charge on any atom is -0.478 e. The van der Waals surface area contributed by atoms with Crippen LogP contribution in [0.15, 0.2) is 45.3 Å². The summed E-state index contributed by atoms with van der Waals surface area (Å²) in [5.41, 5.74) is 0.343. The first-order chi connectivity index (χ1) is 9.51. The van der Waals surface area contributed by atoms with Gasteiger partial charge in [0, 0.05) is 8.95 Å². The van der Waals surface area contributed by atoms with E-state index in [1.165, 1.54) is 6.07 Å².